The van der Waals surface area contributed by atoms with E-state index in [0.717, 1.165) is 29.9 Å². The lowest BCUT2D eigenvalue weighted by molar-refractivity contribution is -0.894. The average molecular weight is 387 g/mol. The molecule has 0 spiro atoms. The second-order valence-electron chi connectivity index (χ2n) is 6.64. The van der Waals surface area contributed by atoms with Crippen LogP contribution in [0.5, 0.6) is 0 Å². The number of benzene rings is 2. The van der Waals surface area contributed by atoms with Crippen LogP contribution in [0, 0.1) is 12.7 Å². The van der Waals surface area contributed by atoms with E-state index in [1.54, 1.807) is 4.90 Å². The highest BCUT2D eigenvalue weighted by atomic mass is 32.1. The smallest absolute Gasteiger partial charge is 0.260 e. The number of nitrogens with zero attached hydrogens (tertiary/aromatic N) is 2. The van der Waals surface area contributed by atoms with Crippen molar-refractivity contribution in [3.63, 3.8) is 0 Å². The lowest BCUT2D eigenvalue weighted by Crippen LogP contribution is -3.12. The number of rotatable bonds is 7. The molecule has 1 N–H and O–H groups in total. The quantitative estimate of drug-likeness (QED) is 0.676. The highest BCUT2D eigenvalue weighted by Gasteiger charge is 2.22. The van der Waals surface area contributed by atoms with E-state index in [1.807, 2.05) is 19.1 Å². The lowest BCUT2D eigenvalue weighted by atomic mass is 10.2. The summed E-state index contributed by atoms with van der Waals surface area (Å²) in [6.45, 7) is 9.77. The first-order valence-corrected chi connectivity index (χ1v) is 10.1. The normalized spacial score (nSPS) is 11.3. The Hall–Kier alpha value is -2.31. The van der Waals surface area contributed by atoms with Gasteiger partial charge in [-0.3, -0.25) is 9.69 Å². The Bertz CT molecular complexity index is 919. The predicted octanol–water partition coefficient (Wildman–Crippen LogP) is 3.32. The summed E-state index contributed by atoms with van der Waals surface area (Å²) in [5.74, 6) is -0.488. The summed E-state index contributed by atoms with van der Waals surface area (Å²) in [5.41, 5.74) is 2.54. The predicted molar refractivity (Wildman–Crippen MR) is 109 cm³/mol. The van der Waals surface area contributed by atoms with Crippen molar-refractivity contribution in [3.8, 4) is 0 Å². The van der Waals surface area contributed by atoms with Crippen LogP contribution in [0.3, 0.4) is 0 Å². The zero-order chi connectivity index (χ0) is 19.4. The number of fused-ring (bicyclic) bond motifs is 1. The zero-order valence-electron chi connectivity index (χ0n) is 16.0. The Morgan fingerprint density at radius 1 is 1.15 bits per heavy atom. The molecular formula is C21H25FN3OS+. The summed E-state index contributed by atoms with van der Waals surface area (Å²) in [6.07, 6.45) is 0. The number of hydrogen-bond acceptors (Lipinski definition) is 3. The second kappa shape index (κ2) is 8.59. The average Bonchev–Trinajstić information content (AvgIpc) is 3.08. The van der Waals surface area contributed by atoms with Gasteiger partial charge in [-0.1, -0.05) is 17.4 Å². The lowest BCUT2D eigenvalue weighted by Gasteiger charge is -2.23. The minimum atomic E-state index is -0.346. The van der Waals surface area contributed by atoms with E-state index in [-0.39, 0.29) is 11.7 Å². The molecule has 0 atom stereocenters. The Kier molecular flexibility index (Phi) is 6.19. The number of carbonyl (C=O) groups excluding carboxylic acids is 1. The van der Waals surface area contributed by atoms with Gasteiger partial charge in [0.15, 0.2) is 5.13 Å². The maximum absolute atomic E-state index is 13.3. The number of anilines is 1. The van der Waals surface area contributed by atoms with Gasteiger partial charge in [0.25, 0.3) is 5.91 Å². The molecule has 0 radical (unpaired) electrons. The van der Waals surface area contributed by atoms with E-state index in [1.165, 1.54) is 46.1 Å². The number of likely N-dealkylation sites (N-methyl/N-ethyl adjacent to an activating group) is 1. The standard InChI is InChI=1S/C21H24FN3OS/c1-4-24(5-2)12-13-25(20(26)16-7-9-17(22)10-8-16)21-23-18-11-6-15(3)14-19(18)27-21/h6-11,14H,4-5,12-13H2,1-3H3/p+1. The molecule has 2 aromatic carbocycles. The number of amides is 1. The van der Waals surface area contributed by atoms with Gasteiger partial charge in [0.1, 0.15) is 5.82 Å². The van der Waals surface area contributed by atoms with Gasteiger partial charge >= 0.3 is 0 Å². The molecular weight excluding hydrogens is 361 g/mol. The number of thiazole rings is 1. The molecule has 27 heavy (non-hydrogen) atoms. The third kappa shape index (κ3) is 4.51. The van der Waals surface area contributed by atoms with E-state index in [4.69, 9.17) is 0 Å². The van der Waals surface area contributed by atoms with Crippen molar-refractivity contribution in [1.29, 1.82) is 0 Å². The number of halogens is 1. The first kappa shape index (κ1) is 19.5. The number of quaternary nitrogens is 1. The molecule has 142 valence electrons. The molecule has 0 aliphatic rings. The van der Waals surface area contributed by atoms with Crippen molar-refractivity contribution in [1.82, 2.24) is 4.98 Å². The van der Waals surface area contributed by atoms with E-state index in [9.17, 15) is 9.18 Å². The molecule has 3 aromatic rings. The largest absolute Gasteiger partial charge is 0.334 e. The third-order valence-electron chi connectivity index (χ3n) is 4.79. The van der Waals surface area contributed by atoms with Crippen molar-refractivity contribution in [3.05, 3.63) is 59.4 Å². The van der Waals surface area contributed by atoms with E-state index >= 15 is 0 Å². The first-order chi connectivity index (χ1) is 13.0. The summed E-state index contributed by atoms with van der Waals surface area (Å²) >= 11 is 1.52. The summed E-state index contributed by atoms with van der Waals surface area (Å²) in [5, 5.41) is 0.691. The van der Waals surface area contributed by atoms with Gasteiger partial charge in [0, 0.05) is 5.56 Å². The van der Waals surface area contributed by atoms with Crippen LogP contribution in [-0.4, -0.2) is 37.1 Å². The van der Waals surface area contributed by atoms with Gasteiger partial charge in [0.05, 0.1) is 36.4 Å². The van der Waals surface area contributed by atoms with Crippen molar-refractivity contribution in [2.24, 2.45) is 0 Å². The molecule has 0 aliphatic heterocycles. The molecule has 1 amide bonds. The fraction of sp³-hybridized carbons (Fsp3) is 0.333. The number of hydrogen-bond donors (Lipinski definition) is 1. The number of aryl methyl sites for hydroxylation is 1. The fourth-order valence-electron chi connectivity index (χ4n) is 3.04. The van der Waals surface area contributed by atoms with Gasteiger partial charge in [-0.05, 0) is 62.7 Å². The summed E-state index contributed by atoms with van der Waals surface area (Å²) < 4.78 is 14.3. The van der Waals surface area contributed by atoms with Gasteiger partial charge in [-0.15, -0.1) is 0 Å². The zero-order valence-corrected chi connectivity index (χ0v) is 16.8. The van der Waals surface area contributed by atoms with Crippen LogP contribution in [0.2, 0.25) is 0 Å². The summed E-state index contributed by atoms with van der Waals surface area (Å²) in [7, 11) is 0. The Morgan fingerprint density at radius 3 is 2.52 bits per heavy atom. The SMILES string of the molecule is CC[NH+](CC)CCN(C(=O)c1ccc(F)cc1)c1nc2ccc(C)cc2s1. The molecule has 0 bridgehead atoms. The minimum absolute atomic E-state index is 0.141. The van der Waals surface area contributed by atoms with Crippen LogP contribution in [0.15, 0.2) is 42.5 Å². The van der Waals surface area contributed by atoms with Crippen molar-refractivity contribution in [2.75, 3.05) is 31.1 Å². The summed E-state index contributed by atoms with van der Waals surface area (Å²) in [4.78, 5) is 21.0. The van der Waals surface area contributed by atoms with Crippen LogP contribution in [0.4, 0.5) is 9.52 Å². The first-order valence-electron chi connectivity index (χ1n) is 9.30. The number of aromatic nitrogens is 1. The third-order valence-corrected chi connectivity index (χ3v) is 5.83. The van der Waals surface area contributed by atoms with Crippen LogP contribution >= 0.6 is 11.3 Å². The second-order valence-corrected chi connectivity index (χ2v) is 7.65. The monoisotopic (exact) mass is 386 g/mol. The van der Waals surface area contributed by atoms with Crippen LogP contribution in [0.25, 0.3) is 10.2 Å². The van der Waals surface area contributed by atoms with E-state index < -0.39 is 0 Å². The fourth-order valence-corrected chi connectivity index (χ4v) is 4.13. The highest BCUT2D eigenvalue weighted by Crippen LogP contribution is 2.30. The van der Waals surface area contributed by atoms with Crippen molar-refractivity contribution >= 4 is 32.6 Å². The molecule has 0 fully saturated rings. The molecule has 0 saturated carbocycles. The highest BCUT2D eigenvalue weighted by molar-refractivity contribution is 7.22. The Labute approximate surface area is 163 Å². The molecule has 3 rings (SSSR count). The topological polar surface area (TPSA) is 37.6 Å². The maximum Gasteiger partial charge on any atom is 0.260 e. The Balaban J connectivity index is 1.94. The molecule has 1 aromatic heterocycles. The molecule has 1 heterocycles. The molecule has 0 aliphatic carbocycles. The van der Waals surface area contributed by atoms with Gasteiger partial charge in [0.2, 0.25) is 0 Å². The number of carbonyl (C=O) groups is 1. The molecule has 4 nitrogen and oxygen atoms in total. The minimum Gasteiger partial charge on any atom is -0.334 e. The molecule has 0 saturated heterocycles. The van der Waals surface area contributed by atoms with Crippen LogP contribution < -0.4 is 9.80 Å². The van der Waals surface area contributed by atoms with Gasteiger partial charge < -0.3 is 4.90 Å². The molecule has 0 unspecified atom stereocenters. The van der Waals surface area contributed by atoms with Crippen LogP contribution in [0.1, 0.15) is 29.8 Å². The van der Waals surface area contributed by atoms with Crippen LogP contribution in [-0.2, 0) is 0 Å². The van der Waals surface area contributed by atoms with Crippen molar-refractivity contribution in [2.45, 2.75) is 20.8 Å². The van der Waals surface area contributed by atoms with Gasteiger partial charge in [-0.25, -0.2) is 9.37 Å². The molecule has 6 heteroatoms. The Morgan fingerprint density at radius 2 is 1.85 bits per heavy atom. The summed E-state index contributed by atoms with van der Waals surface area (Å²) in [6, 6.07) is 11.8. The number of nitrogens with one attached hydrogen (secondary N) is 1. The van der Waals surface area contributed by atoms with Crippen molar-refractivity contribution < 1.29 is 14.1 Å². The van der Waals surface area contributed by atoms with E-state index in [2.05, 4.69) is 24.9 Å². The van der Waals surface area contributed by atoms with E-state index in [0.29, 0.717) is 17.2 Å². The van der Waals surface area contributed by atoms with Gasteiger partial charge in [-0.2, -0.15) is 0 Å². The maximum atomic E-state index is 13.3.